The van der Waals surface area contributed by atoms with Gasteiger partial charge in [0.2, 0.25) is 0 Å². The van der Waals surface area contributed by atoms with Crippen LogP contribution >= 0.6 is 0 Å². The van der Waals surface area contributed by atoms with E-state index in [0.29, 0.717) is 24.9 Å². The molecule has 0 bridgehead atoms. The van der Waals surface area contributed by atoms with Gasteiger partial charge in [0.15, 0.2) is 0 Å². The van der Waals surface area contributed by atoms with Gasteiger partial charge in [-0.1, -0.05) is 156 Å². The fourth-order valence-corrected chi connectivity index (χ4v) is 7.09. The van der Waals surface area contributed by atoms with Crippen LogP contribution in [0.3, 0.4) is 0 Å². The Morgan fingerprint density at radius 3 is 1.41 bits per heavy atom. The van der Waals surface area contributed by atoms with Crippen LogP contribution in [0.1, 0.15) is 239 Å². The molecule has 1 fully saturated rings. The molecule has 0 amide bonds. The van der Waals surface area contributed by atoms with E-state index in [4.69, 9.17) is 9.47 Å². The van der Waals surface area contributed by atoms with Gasteiger partial charge < -0.3 is 14.8 Å². The van der Waals surface area contributed by atoms with Gasteiger partial charge in [0.25, 0.3) is 0 Å². The molecule has 1 N–H and O–H groups in total. The molecule has 0 spiro atoms. The fraction of sp³-hybridized carbons (Fsp3) is 0.955. The summed E-state index contributed by atoms with van der Waals surface area (Å²) in [5, 5.41) is 3.63. The topological polar surface area (TPSA) is 64.6 Å². The van der Waals surface area contributed by atoms with E-state index in [2.05, 4.69) is 26.1 Å². The number of hydrogen-bond acceptors (Lipinski definition) is 5. The second-order valence-electron chi connectivity index (χ2n) is 15.8. The first-order valence-electron chi connectivity index (χ1n) is 22.1. The van der Waals surface area contributed by atoms with E-state index >= 15 is 0 Å². The van der Waals surface area contributed by atoms with Gasteiger partial charge in [-0.05, 0) is 83.7 Å². The third-order valence-electron chi connectivity index (χ3n) is 10.8. The molecule has 0 heterocycles. The van der Waals surface area contributed by atoms with Crippen molar-refractivity contribution in [2.24, 2.45) is 5.41 Å². The minimum absolute atomic E-state index is 0.0212. The van der Waals surface area contributed by atoms with Crippen molar-refractivity contribution in [2.45, 2.75) is 245 Å². The molecular formula is C44H85NO4. The van der Waals surface area contributed by atoms with E-state index in [1.54, 1.807) is 0 Å². The van der Waals surface area contributed by atoms with Crippen LogP contribution in [0, 0.1) is 5.41 Å². The summed E-state index contributed by atoms with van der Waals surface area (Å²) in [6.45, 7) is 9.63. The fourth-order valence-electron chi connectivity index (χ4n) is 7.09. The zero-order valence-corrected chi connectivity index (χ0v) is 33.4. The van der Waals surface area contributed by atoms with Crippen LogP contribution in [0.15, 0.2) is 0 Å². The van der Waals surface area contributed by atoms with Gasteiger partial charge in [-0.15, -0.1) is 0 Å². The smallest absolute Gasteiger partial charge is 0.306 e. The Balaban J connectivity index is 1.98. The molecule has 0 aromatic carbocycles. The van der Waals surface area contributed by atoms with Crippen molar-refractivity contribution in [3.05, 3.63) is 0 Å². The first kappa shape index (κ1) is 45.9. The molecule has 0 unspecified atom stereocenters. The number of hydrogen-bond donors (Lipinski definition) is 1. The lowest BCUT2D eigenvalue weighted by Gasteiger charge is -2.18. The highest BCUT2D eigenvalue weighted by Crippen LogP contribution is 2.50. The van der Waals surface area contributed by atoms with Crippen LogP contribution in [-0.4, -0.2) is 37.7 Å². The predicted molar refractivity (Wildman–Crippen MR) is 210 cm³/mol. The Kier molecular flexibility index (Phi) is 31.9. The van der Waals surface area contributed by atoms with Gasteiger partial charge in [0.1, 0.15) is 6.10 Å². The summed E-state index contributed by atoms with van der Waals surface area (Å²) in [5.74, 6) is 0.0592. The minimum atomic E-state index is 0.0212. The maximum Gasteiger partial charge on any atom is 0.306 e. The average Bonchev–Trinajstić information content (AvgIpc) is 3.88. The predicted octanol–water partition coefficient (Wildman–Crippen LogP) is 13.4. The van der Waals surface area contributed by atoms with E-state index in [-0.39, 0.29) is 18.0 Å². The highest BCUT2D eigenvalue weighted by molar-refractivity contribution is 5.69. The van der Waals surface area contributed by atoms with Gasteiger partial charge in [0, 0.05) is 18.3 Å². The molecule has 0 aliphatic heterocycles. The van der Waals surface area contributed by atoms with Crippen LogP contribution in [0.25, 0.3) is 0 Å². The van der Waals surface area contributed by atoms with E-state index < -0.39 is 0 Å². The molecule has 0 radical (unpaired) electrons. The van der Waals surface area contributed by atoms with Gasteiger partial charge in [-0.3, -0.25) is 9.59 Å². The Hall–Kier alpha value is -1.10. The molecule has 1 rings (SSSR count). The van der Waals surface area contributed by atoms with Crippen molar-refractivity contribution in [3.63, 3.8) is 0 Å². The molecule has 0 saturated heterocycles. The first-order valence-corrected chi connectivity index (χ1v) is 22.1. The van der Waals surface area contributed by atoms with E-state index in [9.17, 15) is 9.59 Å². The summed E-state index contributed by atoms with van der Waals surface area (Å²) < 4.78 is 11.7. The Morgan fingerprint density at radius 1 is 0.510 bits per heavy atom. The molecule has 49 heavy (non-hydrogen) atoms. The van der Waals surface area contributed by atoms with Crippen molar-refractivity contribution >= 4 is 11.9 Å². The summed E-state index contributed by atoms with van der Waals surface area (Å²) >= 11 is 0. The monoisotopic (exact) mass is 692 g/mol. The van der Waals surface area contributed by atoms with Gasteiger partial charge >= 0.3 is 11.9 Å². The number of nitrogens with one attached hydrogen (secondary N) is 1. The lowest BCUT2D eigenvalue weighted by molar-refractivity contribution is -0.150. The van der Waals surface area contributed by atoms with Gasteiger partial charge in [-0.2, -0.15) is 0 Å². The lowest BCUT2D eigenvalue weighted by atomic mass is 9.99. The molecule has 0 aromatic heterocycles. The Bertz CT molecular complexity index is 720. The largest absolute Gasteiger partial charge is 0.465 e. The highest BCUT2D eigenvalue weighted by Gasteiger charge is 2.43. The van der Waals surface area contributed by atoms with E-state index in [0.717, 1.165) is 51.6 Å². The number of unbranched alkanes of at least 4 members (excludes halogenated alkanes) is 22. The second-order valence-corrected chi connectivity index (χ2v) is 15.8. The number of esters is 2. The van der Waals surface area contributed by atoms with Crippen molar-refractivity contribution < 1.29 is 19.1 Å². The summed E-state index contributed by atoms with van der Waals surface area (Å²) in [7, 11) is 0. The third-order valence-corrected chi connectivity index (χ3v) is 10.8. The zero-order valence-electron chi connectivity index (χ0n) is 33.4. The summed E-state index contributed by atoms with van der Waals surface area (Å²) in [6.07, 6.45) is 40.8. The molecule has 1 aliphatic rings. The molecule has 0 aromatic rings. The quantitative estimate of drug-likeness (QED) is 0.0513. The summed E-state index contributed by atoms with van der Waals surface area (Å²) in [4.78, 5) is 24.8. The van der Waals surface area contributed by atoms with Crippen LogP contribution in [0.2, 0.25) is 0 Å². The Labute approximate surface area is 306 Å². The lowest BCUT2D eigenvalue weighted by Crippen LogP contribution is -2.18. The van der Waals surface area contributed by atoms with Crippen LogP contribution in [-0.2, 0) is 19.1 Å². The van der Waals surface area contributed by atoms with Crippen LogP contribution < -0.4 is 5.32 Å². The van der Waals surface area contributed by atoms with Crippen molar-refractivity contribution in [1.82, 2.24) is 5.32 Å². The standard InChI is InChI=1S/C44H85NO4/c1-4-7-10-13-16-20-26-33-42(46)48-40-44(36-37-44)35-28-23-30-39-45-38-29-22-17-21-27-34-43(47)49-41(31-24-18-14-11-8-5-2)32-25-19-15-12-9-6-3/h41,45H,4-40H2,1-3H3. The van der Waals surface area contributed by atoms with Crippen LogP contribution in [0.5, 0.6) is 0 Å². The molecule has 5 heteroatoms. The summed E-state index contributed by atoms with van der Waals surface area (Å²) in [6, 6.07) is 0. The number of ether oxygens (including phenoxy) is 2. The molecule has 5 nitrogen and oxygen atoms in total. The number of carbonyl (C=O) groups excluding carboxylic acids is 2. The van der Waals surface area contributed by atoms with Crippen molar-refractivity contribution in [1.29, 1.82) is 0 Å². The maximum atomic E-state index is 12.6. The van der Waals surface area contributed by atoms with E-state index in [1.807, 2.05) is 0 Å². The second kappa shape index (κ2) is 34.0. The molecular weight excluding hydrogens is 606 g/mol. The van der Waals surface area contributed by atoms with E-state index in [1.165, 1.54) is 167 Å². The zero-order chi connectivity index (χ0) is 35.5. The number of carbonyl (C=O) groups is 2. The highest BCUT2D eigenvalue weighted by atomic mass is 16.5. The molecule has 0 atom stereocenters. The number of rotatable bonds is 39. The molecule has 290 valence electrons. The first-order chi connectivity index (χ1) is 24.0. The third kappa shape index (κ3) is 30.3. The van der Waals surface area contributed by atoms with Gasteiger partial charge in [0.05, 0.1) is 6.61 Å². The summed E-state index contributed by atoms with van der Waals surface area (Å²) in [5.41, 5.74) is 0.308. The van der Waals surface area contributed by atoms with Crippen molar-refractivity contribution in [2.75, 3.05) is 19.7 Å². The maximum absolute atomic E-state index is 12.6. The average molecular weight is 692 g/mol. The van der Waals surface area contributed by atoms with Gasteiger partial charge in [-0.25, -0.2) is 0 Å². The minimum Gasteiger partial charge on any atom is -0.465 e. The molecule has 1 saturated carbocycles. The van der Waals surface area contributed by atoms with Crippen molar-refractivity contribution in [3.8, 4) is 0 Å². The Morgan fingerprint density at radius 2 is 0.918 bits per heavy atom. The van der Waals surface area contributed by atoms with Crippen LogP contribution in [0.4, 0.5) is 0 Å². The molecule has 1 aliphatic carbocycles. The SMILES string of the molecule is CCCCCCCCCC(=O)OCC1(CCCCCNCCCCCCCC(=O)OC(CCCCCCCC)CCCCCCCC)CC1. The normalized spacial score (nSPS) is 13.6.